The monoisotopic (exact) mass is 238 g/mol. The van der Waals surface area contributed by atoms with Gasteiger partial charge in [-0.3, -0.25) is 4.99 Å². The van der Waals surface area contributed by atoms with Crippen LogP contribution in [-0.4, -0.2) is 36.3 Å². The van der Waals surface area contributed by atoms with Crippen LogP contribution >= 0.6 is 0 Å². The summed E-state index contributed by atoms with van der Waals surface area (Å²) in [6.45, 7) is 12.7. The molecule has 2 heteroatoms. The highest BCUT2D eigenvalue weighted by Gasteiger charge is 2.11. The molecule has 0 N–H and O–H groups in total. The number of hydrogen-bond acceptors (Lipinski definition) is 2. The SMILES string of the molecule is CC(C)C1=NCCC1.CC(C)N1CCCCC1. The molecule has 1 fully saturated rings. The van der Waals surface area contributed by atoms with E-state index >= 15 is 0 Å². The fourth-order valence-electron chi connectivity index (χ4n) is 2.47. The van der Waals surface area contributed by atoms with Crippen LogP contribution in [0.5, 0.6) is 0 Å². The number of likely N-dealkylation sites (tertiary alicyclic amines) is 1. The van der Waals surface area contributed by atoms with Crippen molar-refractivity contribution in [2.24, 2.45) is 10.9 Å². The molecule has 0 saturated carbocycles. The van der Waals surface area contributed by atoms with E-state index in [0.717, 1.165) is 12.6 Å². The lowest BCUT2D eigenvalue weighted by molar-refractivity contribution is 0.185. The Morgan fingerprint density at radius 3 is 1.88 bits per heavy atom. The zero-order valence-corrected chi connectivity index (χ0v) is 12.2. The largest absolute Gasteiger partial charge is 0.301 e. The summed E-state index contributed by atoms with van der Waals surface area (Å²) in [6.07, 6.45) is 6.81. The van der Waals surface area contributed by atoms with E-state index in [-0.39, 0.29) is 0 Å². The molecular weight excluding hydrogens is 208 g/mol. The molecule has 2 aliphatic heterocycles. The molecule has 1 saturated heterocycles. The number of piperidine rings is 1. The molecule has 0 bridgehead atoms. The van der Waals surface area contributed by atoms with E-state index in [2.05, 4.69) is 37.6 Å². The van der Waals surface area contributed by atoms with Gasteiger partial charge in [-0.2, -0.15) is 0 Å². The zero-order chi connectivity index (χ0) is 12.7. The molecule has 0 aromatic heterocycles. The third kappa shape index (κ3) is 5.67. The van der Waals surface area contributed by atoms with Gasteiger partial charge in [0.25, 0.3) is 0 Å². The highest BCUT2D eigenvalue weighted by atomic mass is 15.1. The molecule has 0 radical (unpaired) electrons. The summed E-state index contributed by atoms with van der Waals surface area (Å²) >= 11 is 0. The lowest BCUT2D eigenvalue weighted by atomic mass is 10.1. The van der Waals surface area contributed by atoms with Crippen LogP contribution < -0.4 is 0 Å². The van der Waals surface area contributed by atoms with Gasteiger partial charge in [-0.15, -0.1) is 0 Å². The van der Waals surface area contributed by atoms with E-state index in [0.29, 0.717) is 5.92 Å². The summed E-state index contributed by atoms with van der Waals surface area (Å²) in [7, 11) is 0. The lowest BCUT2D eigenvalue weighted by Gasteiger charge is -2.29. The minimum Gasteiger partial charge on any atom is -0.301 e. The van der Waals surface area contributed by atoms with E-state index in [1.807, 2.05) is 0 Å². The number of hydrogen-bond donors (Lipinski definition) is 0. The van der Waals surface area contributed by atoms with E-state index < -0.39 is 0 Å². The fraction of sp³-hybridized carbons (Fsp3) is 0.933. The zero-order valence-electron chi connectivity index (χ0n) is 12.2. The van der Waals surface area contributed by atoms with Gasteiger partial charge in [0, 0.05) is 18.3 Å². The first-order valence-electron chi connectivity index (χ1n) is 7.38. The summed E-state index contributed by atoms with van der Waals surface area (Å²) in [6, 6.07) is 0.769. The van der Waals surface area contributed by atoms with Crippen molar-refractivity contribution in [1.82, 2.24) is 4.90 Å². The van der Waals surface area contributed by atoms with Crippen LogP contribution in [0.3, 0.4) is 0 Å². The van der Waals surface area contributed by atoms with Crippen LogP contribution in [0.1, 0.15) is 59.8 Å². The van der Waals surface area contributed by atoms with Gasteiger partial charge in [0.15, 0.2) is 0 Å². The topological polar surface area (TPSA) is 15.6 Å². The van der Waals surface area contributed by atoms with Crippen LogP contribution in [0.2, 0.25) is 0 Å². The molecule has 0 aliphatic carbocycles. The maximum Gasteiger partial charge on any atom is 0.0392 e. The molecule has 0 spiro atoms. The average Bonchev–Trinajstić information content (AvgIpc) is 2.84. The predicted octanol–water partition coefficient (Wildman–Crippen LogP) is 3.76. The van der Waals surface area contributed by atoms with E-state index in [4.69, 9.17) is 0 Å². The van der Waals surface area contributed by atoms with Crippen LogP contribution in [0.25, 0.3) is 0 Å². The van der Waals surface area contributed by atoms with Crippen molar-refractivity contribution in [2.75, 3.05) is 19.6 Å². The summed E-state index contributed by atoms with van der Waals surface area (Å²) in [4.78, 5) is 6.91. The molecule has 2 heterocycles. The summed E-state index contributed by atoms with van der Waals surface area (Å²) < 4.78 is 0. The lowest BCUT2D eigenvalue weighted by Crippen LogP contribution is -2.35. The molecule has 100 valence electrons. The van der Waals surface area contributed by atoms with Gasteiger partial charge >= 0.3 is 0 Å². The predicted molar refractivity (Wildman–Crippen MR) is 76.9 cm³/mol. The Morgan fingerprint density at radius 2 is 1.59 bits per heavy atom. The Bertz CT molecular complexity index is 225. The normalized spacial score (nSPS) is 21.4. The Labute approximate surface area is 107 Å². The van der Waals surface area contributed by atoms with Crippen molar-refractivity contribution in [3.05, 3.63) is 0 Å². The van der Waals surface area contributed by atoms with Crippen molar-refractivity contribution < 1.29 is 0 Å². The van der Waals surface area contributed by atoms with Gasteiger partial charge in [-0.25, -0.2) is 0 Å². The van der Waals surface area contributed by atoms with Gasteiger partial charge in [0.05, 0.1) is 0 Å². The van der Waals surface area contributed by atoms with E-state index in [9.17, 15) is 0 Å². The fourth-order valence-corrected chi connectivity index (χ4v) is 2.47. The molecule has 2 nitrogen and oxygen atoms in total. The van der Waals surface area contributed by atoms with Crippen molar-refractivity contribution in [3.63, 3.8) is 0 Å². The van der Waals surface area contributed by atoms with Gasteiger partial charge in [-0.1, -0.05) is 20.3 Å². The molecule has 0 aromatic rings. The summed E-state index contributed by atoms with van der Waals surface area (Å²) in [5, 5.41) is 0. The molecule has 0 atom stereocenters. The Morgan fingerprint density at radius 1 is 0.941 bits per heavy atom. The van der Waals surface area contributed by atoms with Crippen LogP contribution in [0.4, 0.5) is 0 Å². The first-order chi connectivity index (χ1) is 8.11. The third-order valence-electron chi connectivity index (χ3n) is 3.69. The minimum atomic E-state index is 0.692. The number of rotatable bonds is 2. The first-order valence-corrected chi connectivity index (χ1v) is 7.38. The molecule has 0 aromatic carbocycles. The van der Waals surface area contributed by atoms with E-state index in [1.54, 1.807) is 0 Å². The smallest absolute Gasteiger partial charge is 0.0392 e. The number of aliphatic imine (C=N–C) groups is 1. The quantitative estimate of drug-likeness (QED) is 0.715. The maximum atomic E-state index is 4.35. The van der Waals surface area contributed by atoms with Crippen molar-refractivity contribution in [2.45, 2.75) is 65.8 Å². The second kappa shape index (κ2) is 7.86. The minimum absolute atomic E-state index is 0.692. The second-order valence-corrected chi connectivity index (χ2v) is 5.82. The van der Waals surface area contributed by atoms with Crippen LogP contribution in [0.15, 0.2) is 4.99 Å². The Kier molecular flexibility index (Phi) is 6.79. The van der Waals surface area contributed by atoms with Crippen molar-refractivity contribution >= 4 is 5.71 Å². The van der Waals surface area contributed by atoms with Gasteiger partial charge < -0.3 is 4.90 Å². The number of nitrogens with zero attached hydrogens (tertiary/aromatic N) is 2. The standard InChI is InChI=1S/C8H17N.C7H13N/c1-8(2)9-6-4-3-5-7-9;1-6(2)7-4-3-5-8-7/h8H,3-7H2,1-2H3;6H,3-5H2,1-2H3. The molecule has 0 amide bonds. The molecule has 2 aliphatic rings. The van der Waals surface area contributed by atoms with Gasteiger partial charge in [-0.05, 0) is 58.5 Å². The molecule has 0 unspecified atom stereocenters. The maximum absolute atomic E-state index is 4.35. The second-order valence-electron chi connectivity index (χ2n) is 5.82. The summed E-state index contributed by atoms with van der Waals surface area (Å²) in [5.41, 5.74) is 1.42. The highest BCUT2D eigenvalue weighted by Crippen LogP contribution is 2.11. The molecular formula is C15H30N2. The Balaban J connectivity index is 0.000000171. The highest BCUT2D eigenvalue weighted by molar-refractivity contribution is 5.87. The van der Waals surface area contributed by atoms with Gasteiger partial charge in [0.1, 0.15) is 0 Å². The van der Waals surface area contributed by atoms with Crippen LogP contribution in [0, 0.1) is 5.92 Å². The average molecular weight is 238 g/mol. The van der Waals surface area contributed by atoms with Gasteiger partial charge in [0.2, 0.25) is 0 Å². The van der Waals surface area contributed by atoms with Crippen LogP contribution in [-0.2, 0) is 0 Å². The first kappa shape index (κ1) is 14.7. The third-order valence-corrected chi connectivity index (χ3v) is 3.69. The van der Waals surface area contributed by atoms with E-state index in [1.165, 1.54) is 50.9 Å². The Hall–Kier alpha value is -0.370. The van der Waals surface area contributed by atoms with Crippen molar-refractivity contribution in [1.29, 1.82) is 0 Å². The molecule has 17 heavy (non-hydrogen) atoms. The summed E-state index contributed by atoms with van der Waals surface area (Å²) in [5.74, 6) is 0.692. The molecule has 2 rings (SSSR count). The van der Waals surface area contributed by atoms with Crippen molar-refractivity contribution in [3.8, 4) is 0 Å².